The second-order valence-electron chi connectivity index (χ2n) is 12.7. The highest BCUT2D eigenvalue weighted by molar-refractivity contribution is 7.07. The summed E-state index contributed by atoms with van der Waals surface area (Å²) >= 11 is 0. The zero-order valence-electron chi connectivity index (χ0n) is 26.5. The first-order valence-corrected chi connectivity index (χ1v) is 16.6. The second kappa shape index (κ2) is 13.2. The fourth-order valence-electron chi connectivity index (χ4n) is 5.27. The van der Waals surface area contributed by atoms with Gasteiger partial charge in [0.1, 0.15) is 11.2 Å². The van der Waals surface area contributed by atoms with Crippen molar-refractivity contribution in [3.05, 3.63) is 91.0 Å². The standard InChI is InChI=1S/C34H42N2O7Si/c1-33(2,3)41-31(38)35-24-25(23-29(30(37)40-7)36(35)32(39)42-34(4,5)6)43-44(26-17-11-8-12-18-26,27-19-13-9-14-20-27)28-21-15-10-16-22-28/h8-22,25,29H,23-24H2,1-7H3/t25-,29+/m0/s1. The number of amides is 2. The van der Waals surface area contributed by atoms with Crippen LogP contribution in [-0.4, -0.2) is 73.5 Å². The molecule has 0 spiro atoms. The number of hydrogen-bond acceptors (Lipinski definition) is 7. The van der Waals surface area contributed by atoms with Crippen LogP contribution < -0.4 is 15.6 Å². The summed E-state index contributed by atoms with van der Waals surface area (Å²) in [5.41, 5.74) is -1.76. The van der Waals surface area contributed by atoms with Gasteiger partial charge in [0.25, 0.3) is 8.32 Å². The molecule has 3 aromatic carbocycles. The van der Waals surface area contributed by atoms with Gasteiger partial charge >= 0.3 is 18.2 Å². The number of benzene rings is 3. The van der Waals surface area contributed by atoms with E-state index >= 15 is 0 Å². The Balaban J connectivity index is 1.87. The van der Waals surface area contributed by atoms with Crippen LogP contribution in [0.15, 0.2) is 91.0 Å². The molecule has 1 fully saturated rings. The molecule has 0 aromatic heterocycles. The Morgan fingerprint density at radius 3 is 1.48 bits per heavy atom. The molecule has 234 valence electrons. The van der Waals surface area contributed by atoms with Gasteiger partial charge in [-0.05, 0) is 57.1 Å². The maximum atomic E-state index is 13.7. The number of methoxy groups -OCH3 is 1. The van der Waals surface area contributed by atoms with Crippen LogP contribution in [-0.2, 0) is 23.4 Å². The van der Waals surface area contributed by atoms with E-state index in [1.165, 1.54) is 7.11 Å². The lowest BCUT2D eigenvalue weighted by molar-refractivity contribution is -0.164. The largest absolute Gasteiger partial charge is 0.467 e. The molecule has 1 aliphatic rings. The summed E-state index contributed by atoms with van der Waals surface area (Å²) in [7, 11) is -2.01. The van der Waals surface area contributed by atoms with Gasteiger partial charge in [-0.1, -0.05) is 91.0 Å². The maximum Gasteiger partial charge on any atom is 0.430 e. The zero-order valence-corrected chi connectivity index (χ0v) is 27.5. The van der Waals surface area contributed by atoms with Crippen molar-refractivity contribution in [1.29, 1.82) is 0 Å². The van der Waals surface area contributed by atoms with Crippen molar-refractivity contribution in [2.75, 3.05) is 13.7 Å². The van der Waals surface area contributed by atoms with Crippen molar-refractivity contribution in [1.82, 2.24) is 10.0 Å². The molecular formula is C34H42N2O7Si. The third-order valence-corrected chi connectivity index (χ3v) is 11.1. The molecule has 0 saturated carbocycles. The average molecular weight is 619 g/mol. The van der Waals surface area contributed by atoms with Crippen LogP contribution in [0.4, 0.5) is 9.59 Å². The van der Waals surface area contributed by atoms with Crippen molar-refractivity contribution in [2.45, 2.75) is 71.3 Å². The molecule has 1 aliphatic heterocycles. The number of carbonyl (C=O) groups is 3. The summed E-state index contributed by atoms with van der Waals surface area (Å²) in [6.45, 7) is 10.3. The van der Waals surface area contributed by atoms with Gasteiger partial charge in [0.2, 0.25) is 0 Å². The molecule has 0 unspecified atom stereocenters. The van der Waals surface area contributed by atoms with E-state index in [4.69, 9.17) is 18.6 Å². The monoisotopic (exact) mass is 618 g/mol. The van der Waals surface area contributed by atoms with Crippen LogP contribution in [0, 0.1) is 0 Å². The van der Waals surface area contributed by atoms with E-state index in [2.05, 4.69) is 0 Å². The lowest BCUT2D eigenvalue weighted by Gasteiger charge is -2.47. The number of hydrogen-bond donors (Lipinski definition) is 0. The molecule has 1 heterocycles. The van der Waals surface area contributed by atoms with Crippen molar-refractivity contribution >= 4 is 42.0 Å². The zero-order chi connectivity index (χ0) is 32.1. The van der Waals surface area contributed by atoms with Crippen LogP contribution in [0.5, 0.6) is 0 Å². The minimum absolute atomic E-state index is 0.0620. The van der Waals surface area contributed by atoms with Gasteiger partial charge in [-0.25, -0.2) is 19.4 Å². The van der Waals surface area contributed by atoms with E-state index in [0.717, 1.165) is 25.6 Å². The Bertz CT molecular complexity index is 1330. The van der Waals surface area contributed by atoms with Gasteiger partial charge in [-0.3, -0.25) is 0 Å². The Hall–Kier alpha value is -4.15. The predicted molar refractivity (Wildman–Crippen MR) is 170 cm³/mol. The number of ether oxygens (including phenoxy) is 3. The number of nitrogens with zero attached hydrogens (tertiary/aromatic N) is 2. The summed E-state index contributed by atoms with van der Waals surface area (Å²) in [5.74, 6) is -0.705. The van der Waals surface area contributed by atoms with E-state index in [1.807, 2.05) is 91.0 Å². The highest BCUT2D eigenvalue weighted by atomic mass is 28.4. The Morgan fingerprint density at radius 2 is 1.09 bits per heavy atom. The summed E-state index contributed by atoms with van der Waals surface area (Å²) in [4.78, 5) is 40.7. The van der Waals surface area contributed by atoms with E-state index < -0.39 is 49.8 Å². The molecule has 0 N–H and O–H groups in total. The van der Waals surface area contributed by atoms with Crippen molar-refractivity contribution in [3.63, 3.8) is 0 Å². The Morgan fingerprint density at radius 1 is 0.682 bits per heavy atom. The smallest absolute Gasteiger partial charge is 0.430 e. The van der Waals surface area contributed by atoms with Crippen LogP contribution in [0.2, 0.25) is 0 Å². The minimum atomic E-state index is -3.25. The quantitative estimate of drug-likeness (QED) is 0.175. The van der Waals surface area contributed by atoms with E-state index in [0.29, 0.717) is 0 Å². The molecule has 1 saturated heterocycles. The third-order valence-electron chi connectivity index (χ3n) is 6.96. The molecule has 44 heavy (non-hydrogen) atoms. The lowest BCUT2D eigenvalue weighted by atomic mass is 10.1. The van der Waals surface area contributed by atoms with Gasteiger partial charge in [-0.2, -0.15) is 5.01 Å². The van der Waals surface area contributed by atoms with Crippen molar-refractivity contribution in [2.24, 2.45) is 0 Å². The molecule has 2 amide bonds. The van der Waals surface area contributed by atoms with Crippen molar-refractivity contribution < 1.29 is 33.0 Å². The Kier molecular flexibility index (Phi) is 9.85. The third kappa shape index (κ3) is 7.49. The summed E-state index contributed by atoms with van der Waals surface area (Å²) in [6.07, 6.45) is -2.31. The first-order chi connectivity index (χ1) is 20.7. The highest BCUT2D eigenvalue weighted by Gasteiger charge is 2.51. The second-order valence-corrected chi connectivity index (χ2v) is 16.0. The first-order valence-electron chi connectivity index (χ1n) is 14.7. The molecule has 0 bridgehead atoms. The normalized spacial score (nSPS) is 17.5. The van der Waals surface area contributed by atoms with Crippen LogP contribution in [0.25, 0.3) is 0 Å². The van der Waals surface area contributed by atoms with E-state index in [9.17, 15) is 14.4 Å². The number of hydrazine groups is 1. The molecular weight excluding hydrogens is 576 g/mol. The van der Waals surface area contributed by atoms with Gasteiger partial charge in [0.05, 0.1) is 19.8 Å². The molecule has 10 heteroatoms. The minimum Gasteiger partial charge on any atom is -0.467 e. The molecule has 9 nitrogen and oxygen atoms in total. The maximum absolute atomic E-state index is 13.7. The van der Waals surface area contributed by atoms with Gasteiger partial charge in [-0.15, -0.1) is 0 Å². The first kappa shape index (κ1) is 32.8. The summed E-state index contributed by atoms with van der Waals surface area (Å²) < 4.78 is 23.8. The molecule has 3 aromatic rings. The molecule has 4 rings (SSSR count). The van der Waals surface area contributed by atoms with Gasteiger partial charge in [0.15, 0.2) is 6.04 Å². The highest BCUT2D eigenvalue weighted by Crippen LogP contribution is 2.28. The fraction of sp³-hybridized carbons (Fsp3) is 0.382. The number of carbonyl (C=O) groups excluding carboxylic acids is 3. The number of esters is 1. The lowest BCUT2D eigenvalue weighted by Crippen LogP contribution is -2.73. The predicted octanol–water partition coefficient (Wildman–Crippen LogP) is 4.37. The molecule has 2 atom stereocenters. The fourth-order valence-corrected chi connectivity index (χ4v) is 9.34. The number of rotatable bonds is 6. The molecule has 0 radical (unpaired) electrons. The van der Waals surface area contributed by atoms with Crippen LogP contribution >= 0.6 is 0 Å². The average Bonchev–Trinajstić information content (AvgIpc) is 2.98. The molecule has 0 aliphatic carbocycles. The SMILES string of the molecule is COC(=O)[C@H]1C[C@H](O[Si](c2ccccc2)(c2ccccc2)c2ccccc2)CN(C(=O)OC(C)(C)C)N1C(=O)OC(C)(C)C. The van der Waals surface area contributed by atoms with Gasteiger partial charge in [0, 0.05) is 6.42 Å². The summed E-state index contributed by atoms with van der Waals surface area (Å²) in [6, 6.07) is 28.8. The van der Waals surface area contributed by atoms with E-state index in [-0.39, 0.29) is 13.0 Å². The van der Waals surface area contributed by atoms with Crippen LogP contribution in [0.1, 0.15) is 48.0 Å². The van der Waals surface area contributed by atoms with Crippen LogP contribution in [0.3, 0.4) is 0 Å². The Labute approximate surface area is 260 Å². The van der Waals surface area contributed by atoms with Gasteiger partial charge < -0.3 is 18.6 Å². The van der Waals surface area contributed by atoms with E-state index in [1.54, 1.807) is 41.5 Å². The topological polar surface area (TPSA) is 94.6 Å². The summed E-state index contributed by atoms with van der Waals surface area (Å²) in [5, 5.41) is 5.11. The van der Waals surface area contributed by atoms with Crippen molar-refractivity contribution in [3.8, 4) is 0 Å².